The maximum Gasteiger partial charge on any atom is 0.234 e. The first-order valence-electron chi connectivity index (χ1n) is 8.38. The molecule has 2 heterocycles. The van der Waals surface area contributed by atoms with Crippen molar-refractivity contribution in [1.82, 2.24) is 14.8 Å². The Bertz CT molecular complexity index is 994. The number of sulfone groups is 1. The third kappa shape index (κ3) is 4.87. The van der Waals surface area contributed by atoms with E-state index in [-0.39, 0.29) is 29.1 Å². The number of nitrogens with one attached hydrogen (secondary N) is 1. The van der Waals surface area contributed by atoms with Crippen molar-refractivity contribution in [2.24, 2.45) is 13.0 Å². The molecule has 3 rings (SSSR count). The van der Waals surface area contributed by atoms with Crippen LogP contribution in [0.25, 0.3) is 0 Å². The van der Waals surface area contributed by atoms with Gasteiger partial charge in [0.2, 0.25) is 5.91 Å². The summed E-state index contributed by atoms with van der Waals surface area (Å²) in [7, 11) is -1.11. The Morgan fingerprint density at radius 2 is 2.19 bits per heavy atom. The Balaban J connectivity index is 1.56. The van der Waals surface area contributed by atoms with Crippen LogP contribution in [0.3, 0.4) is 0 Å². The standard InChI is InChI=1S/C17H19N5O3S2/c1-22-15(8-12-6-7-27(24,25)11-12)20-21-17(22)26-10-16(23)19-14-5-3-2-4-13(14)9-18/h2-5,12H,6-8,10-11H2,1H3,(H,19,23)/t12-/m1/s1. The topological polar surface area (TPSA) is 118 Å². The van der Waals surface area contributed by atoms with E-state index in [1.54, 1.807) is 28.8 Å². The number of anilines is 1. The van der Waals surface area contributed by atoms with E-state index in [0.717, 1.165) is 5.82 Å². The number of carbonyl (C=O) groups is 1. The highest BCUT2D eigenvalue weighted by atomic mass is 32.2. The van der Waals surface area contributed by atoms with Crippen molar-refractivity contribution in [3.63, 3.8) is 0 Å². The average molecular weight is 406 g/mol. The van der Waals surface area contributed by atoms with Crippen molar-refractivity contribution >= 4 is 33.2 Å². The molecule has 1 amide bonds. The molecule has 27 heavy (non-hydrogen) atoms. The minimum Gasteiger partial charge on any atom is -0.324 e. The maximum atomic E-state index is 12.2. The van der Waals surface area contributed by atoms with Gasteiger partial charge < -0.3 is 9.88 Å². The van der Waals surface area contributed by atoms with E-state index in [9.17, 15) is 13.2 Å². The fourth-order valence-electron chi connectivity index (χ4n) is 2.95. The van der Waals surface area contributed by atoms with Gasteiger partial charge in [-0.3, -0.25) is 4.79 Å². The zero-order chi connectivity index (χ0) is 19.4. The fourth-order valence-corrected chi connectivity index (χ4v) is 5.54. The smallest absolute Gasteiger partial charge is 0.234 e. The van der Waals surface area contributed by atoms with E-state index in [0.29, 0.717) is 29.2 Å². The van der Waals surface area contributed by atoms with Crippen LogP contribution in [0.1, 0.15) is 17.8 Å². The molecule has 1 saturated heterocycles. The Kier molecular flexibility index (Phi) is 5.82. The van der Waals surface area contributed by atoms with Gasteiger partial charge in [0.1, 0.15) is 11.9 Å². The lowest BCUT2D eigenvalue weighted by Gasteiger charge is -2.08. The Labute approximate surface area is 161 Å². The molecule has 0 bridgehead atoms. The highest BCUT2D eigenvalue weighted by Gasteiger charge is 2.29. The van der Waals surface area contributed by atoms with Gasteiger partial charge in [0.25, 0.3) is 0 Å². The van der Waals surface area contributed by atoms with Crippen molar-refractivity contribution in [3.05, 3.63) is 35.7 Å². The first kappa shape index (κ1) is 19.4. The summed E-state index contributed by atoms with van der Waals surface area (Å²) in [5.74, 6) is 1.11. The van der Waals surface area contributed by atoms with Crippen LogP contribution in [0.5, 0.6) is 0 Å². The number of para-hydroxylation sites is 1. The monoisotopic (exact) mass is 405 g/mol. The van der Waals surface area contributed by atoms with E-state index < -0.39 is 9.84 Å². The van der Waals surface area contributed by atoms with Crippen LogP contribution >= 0.6 is 11.8 Å². The van der Waals surface area contributed by atoms with Crippen LogP contribution in [0, 0.1) is 17.2 Å². The molecule has 1 N–H and O–H groups in total. The number of thioether (sulfide) groups is 1. The van der Waals surface area contributed by atoms with Crippen LogP contribution in [0.15, 0.2) is 29.4 Å². The number of hydrogen-bond acceptors (Lipinski definition) is 7. The molecule has 1 aliphatic rings. The molecular weight excluding hydrogens is 386 g/mol. The summed E-state index contributed by atoms with van der Waals surface area (Å²) in [5, 5.41) is 20.6. The summed E-state index contributed by atoms with van der Waals surface area (Å²) in [6, 6.07) is 8.84. The predicted octanol–water partition coefficient (Wildman–Crippen LogP) is 1.39. The number of amides is 1. The molecule has 0 unspecified atom stereocenters. The van der Waals surface area contributed by atoms with E-state index in [2.05, 4.69) is 15.5 Å². The number of nitriles is 1. The quantitative estimate of drug-likeness (QED) is 0.722. The number of carbonyl (C=O) groups excluding carboxylic acids is 1. The van der Waals surface area contributed by atoms with Crippen molar-refractivity contribution < 1.29 is 13.2 Å². The molecule has 0 radical (unpaired) electrons. The van der Waals surface area contributed by atoms with Gasteiger partial charge in [-0.25, -0.2) is 8.42 Å². The molecule has 1 aliphatic heterocycles. The Morgan fingerprint density at radius 3 is 2.89 bits per heavy atom. The highest BCUT2D eigenvalue weighted by molar-refractivity contribution is 7.99. The number of benzene rings is 1. The Morgan fingerprint density at radius 1 is 1.41 bits per heavy atom. The van der Waals surface area contributed by atoms with Gasteiger partial charge in [-0.1, -0.05) is 23.9 Å². The molecule has 1 fully saturated rings. The van der Waals surface area contributed by atoms with Gasteiger partial charge in [0.05, 0.1) is 28.5 Å². The minimum atomic E-state index is -2.92. The predicted molar refractivity (Wildman–Crippen MR) is 102 cm³/mol. The molecule has 8 nitrogen and oxygen atoms in total. The van der Waals surface area contributed by atoms with E-state index in [4.69, 9.17) is 5.26 Å². The van der Waals surface area contributed by atoms with Gasteiger partial charge in [-0.15, -0.1) is 10.2 Å². The summed E-state index contributed by atoms with van der Waals surface area (Å²) >= 11 is 1.24. The van der Waals surface area contributed by atoms with Gasteiger partial charge >= 0.3 is 0 Å². The second-order valence-corrected chi connectivity index (χ2v) is 9.60. The summed E-state index contributed by atoms with van der Waals surface area (Å²) in [6.07, 6.45) is 1.21. The second kappa shape index (κ2) is 8.10. The molecule has 0 saturated carbocycles. The average Bonchev–Trinajstić information content (AvgIpc) is 3.16. The lowest BCUT2D eigenvalue weighted by Crippen LogP contribution is -2.15. The summed E-state index contributed by atoms with van der Waals surface area (Å²) < 4.78 is 25.0. The highest BCUT2D eigenvalue weighted by Crippen LogP contribution is 2.24. The molecule has 1 aromatic carbocycles. The summed E-state index contributed by atoms with van der Waals surface area (Å²) in [6.45, 7) is 0. The van der Waals surface area contributed by atoms with Crippen molar-refractivity contribution in [3.8, 4) is 6.07 Å². The van der Waals surface area contributed by atoms with E-state index in [1.165, 1.54) is 11.8 Å². The molecule has 142 valence electrons. The zero-order valence-electron chi connectivity index (χ0n) is 14.8. The molecule has 10 heteroatoms. The molecule has 0 spiro atoms. The minimum absolute atomic E-state index is 0.0709. The molecule has 1 aromatic heterocycles. The van der Waals surface area contributed by atoms with Crippen LogP contribution < -0.4 is 5.32 Å². The van der Waals surface area contributed by atoms with E-state index >= 15 is 0 Å². The molecule has 0 aliphatic carbocycles. The maximum absolute atomic E-state index is 12.2. The van der Waals surface area contributed by atoms with Crippen LogP contribution in [-0.2, 0) is 28.1 Å². The van der Waals surface area contributed by atoms with Crippen molar-refractivity contribution in [2.45, 2.75) is 18.0 Å². The zero-order valence-corrected chi connectivity index (χ0v) is 16.4. The van der Waals surface area contributed by atoms with Crippen molar-refractivity contribution in [1.29, 1.82) is 5.26 Å². The van der Waals surface area contributed by atoms with Gasteiger partial charge in [-0.05, 0) is 24.5 Å². The largest absolute Gasteiger partial charge is 0.324 e. The third-order valence-electron chi connectivity index (χ3n) is 4.38. The lowest BCUT2D eigenvalue weighted by atomic mass is 10.1. The number of aromatic nitrogens is 3. The lowest BCUT2D eigenvalue weighted by molar-refractivity contribution is -0.113. The number of hydrogen-bond donors (Lipinski definition) is 1. The fraction of sp³-hybridized carbons (Fsp3) is 0.412. The van der Waals surface area contributed by atoms with Crippen LogP contribution in [-0.4, -0.2) is 46.3 Å². The first-order valence-corrected chi connectivity index (χ1v) is 11.2. The third-order valence-corrected chi connectivity index (χ3v) is 7.23. The first-order chi connectivity index (χ1) is 12.9. The molecule has 2 aromatic rings. The summed E-state index contributed by atoms with van der Waals surface area (Å²) in [5.41, 5.74) is 0.884. The number of nitrogens with zero attached hydrogens (tertiary/aromatic N) is 4. The van der Waals surface area contributed by atoms with Gasteiger partial charge in [0.15, 0.2) is 15.0 Å². The number of rotatable bonds is 6. The van der Waals surface area contributed by atoms with Crippen LogP contribution in [0.2, 0.25) is 0 Å². The van der Waals surface area contributed by atoms with Crippen molar-refractivity contribution in [2.75, 3.05) is 22.6 Å². The van der Waals surface area contributed by atoms with Gasteiger partial charge in [0, 0.05) is 13.5 Å². The SMILES string of the molecule is Cn1c(C[C@H]2CCS(=O)(=O)C2)nnc1SCC(=O)Nc1ccccc1C#N. The second-order valence-electron chi connectivity index (χ2n) is 6.43. The van der Waals surface area contributed by atoms with Crippen LogP contribution in [0.4, 0.5) is 5.69 Å². The Hall–Kier alpha value is -2.38. The molecular formula is C17H19N5O3S2. The normalized spacial score (nSPS) is 18.1. The molecule has 1 atom stereocenters. The summed E-state index contributed by atoms with van der Waals surface area (Å²) in [4.78, 5) is 12.2. The van der Waals surface area contributed by atoms with E-state index in [1.807, 2.05) is 13.1 Å². The van der Waals surface area contributed by atoms with Gasteiger partial charge in [-0.2, -0.15) is 5.26 Å².